The van der Waals surface area contributed by atoms with Crippen molar-refractivity contribution in [3.8, 4) is 10.6 Å². The predicted molar refractivity (Wildman–Crippen MR) is 126 cm³/mol. The Kier molecular flexibility index (Phi) is 6.37. The molecule has 1 aliphatic rings. The zero-order chi connectivity index (χ0) is 21.1. The Balaban J connectivity index is 1.46. The lowest BCUT2D eigenvalue weighted by atomic mass is 10.1. The Hall–Kier alpha value is -2.41. The molecule has 0 unspecified atom stereocenters. The summed E-state index contributed by atoms with van der Waals surface area (Å²) in [7, 11) is 2.13. The fourth-order valence-electron chi connectivity index (χ4n) is 3.59. The smallest absolute Gasteiger partial charge is 0.230 e. The number of likely N-dealkylation sites (N-methyl/N-ethyl adjacent to an activating group) is 1. The lowest BCUT2D eigenvalue weighted by molar-refractivity contribution is -0.115. The first-order chi connectivity index (χ1) is 14.5. The van der Waals surface area contributed by atoms with Crippen molar-refractivity contribution in [3.05, 3.63) is 64.1 Å². The third-order valence-corrected chi connectivity index (χ3v) is 6.41. The molecule has 5 nitrogen and oxygen atoms in total. The molecule has 1 N–H and O–H groups in total. The number of hydrogen-bond donors (Lipinski definition) is 1. The summed E-state index contributed by atoms with van der Waals surface area (Å²) in [5.41, 5.74) is 4.82. The van der Waals surface area contributed by atoms with Crippen molar-refractivity contribution in [2.24, 2.45) is 0 Å². The first-order valence-corrected chi connectivity index (χ1v) is 11.3. The minimum atomic E-state index is -0.0891. The molecule has 156 valence electrons. The minimum absolute atomic E-state index is 0.0891. The quantitative estimate of drug-likeness (QED) is 0.624. The maximum absolute atomic E-state index is 12.8. The van der Waals surface area contributed by atoms with Gasteiger partial charge in [0.15, 0.2) is 0 Å². The molecule has 1 fully saturated rings. The van der Waals surface area contributed by atoms with Crippen molar-refractivity contribution in [2.75, 3.05) is 43.4 Å². The second kappa shape index (κ2) is 9.16. The van der Waals surface area contributed by atoms with Gasteiger partial charge in [-0.15, -0.1) is 11.3 Å². The molecule has 0 aliphatic carbocycles. The molecule has 0 saturated carbocycles. The number of halogens is 1. The van der Waals surface area contributed by atoms with Crippen molar-refractivity contribution < 1.29 is 4.79 Å². The molecule has 4 rings (SSSR count). The molecule has 30 heavy (non-hydrogen) atoms. The molecule has 1 saturated heterocycles. The van der Waals surface area contributed by atoms with E-state index in [4.69, 9.17) is 11.6 Å². The predicted octanol–water partition coefficient (Wildman–Crippen LogP) is 4.70. The van der Waals surface area contributed by atoms with Crippen LogP contribution in [0.4, 0.5) is 11.4 Å². The summed E-state index contributed by atoms with van der Waals surface area (Å²) >= 11 is 7.78. The molecule has 2 aromatic carbocycles. The summed E-state index contributed by atoms with van der Waals surface area (Å²) in [5, 5.41) is 6.55. The van der Waals surface area contributed by atoms with E-state index in [2.05, 4.69) is 46.2 Å². The Bertz CT molecular complexity index is 1040. The van der Waals surface area contributed by atoms with Crippen LogP contribution in [0.2, 0.25) is 5.02 Å². The average Bonchev–Trinajstić information content (AvgIpc) is 3.17. The molecular formula is C23H25ClN4OS. The highest BCUT2D eigenvalue weighted by molar-refractivity contribution is 7.13. The number of carbonyl (C=O) groups excluding carboxylic acids is 1. The number of nitrogens with zero attached hydrogens (tertiary/aromatic N) is 3. The number of aryl methyl sites for hydroxylation is 1. The van der Waals surface area contributed by atoms with Gasteiger partial charge >= 0.3 is 0 Å². The van der Waals surface area contributed by atoms with Gasteiger partial charge in [-0.1, -0.05) is 35.4 Å². The van der Waals surface area contributed by atoms with E-state index in [0.717, 1.165) is 53.8 Å². The van der Waals surface area contributed by atoms with Gasteiger partial charge in [0.2, 0.25) is 5.91 Å². The fraction of sp³-hybridized carbons (Fsp3) is 0.304. The normalized spacial score (nSPS) is 14.7. The molecule has 0 bridgehead atoms. The van der Waals surface area contributed by atoms with Crippen LogP contribution in [-0.4, -0.2) is 49.0 Å². The second-order valence-electron chi connectivity index (χ2n) is 7.69. The monoisotopic (exact) mass is 440 g/mol. The Labute approximate surface area is 186 Å². The van der Waals surface area contributed by atoms with Crippen LogP contribution in [0.25, 0.3) is 10.6 Å². The van der Waals surface area contributed by atoms with Crippen molar-refractivity contribution >= 4 is 40.2 Å². The first-order valence-electron chi connectivity index (χ1n) is 10.0. The van der Waals surface area contributed by atoms with E-state index in [1.165, 1.54) is 5.56 Å². The number of benzene rings is 2. The molecule has 0 spiro atoms. The lowest BCUT2D eigenvalue weighted by Crippen LogP contribution is -2.44. The Morgan fingerprint density at radius 2 is 1.97 bits per heavy atom. The van der Waals surface area contributed by atoms with Gasteiger partial charge in [-0.2, -0.15) is 0 Å². The topological polar surface area (TPSA) is 48.5 Å². The highest BCUT2D eigenvalue weighted by atomic mass is 35.5. The summed E-state index contributed by atoms with van der Waals surface area (Å²) in [6, 6.07) is 13.9. The van der Waals surface area contributed by atoms with E-state index in [1.807, 2.05) is 35.7 Å². The lowest BCUT2D eigenvalue weighted by Gasteiger charge is -2.35. The second-order valence-corrected chi connectivity index (χ2v) is 8.98. The molecule has 1 aliphatic heterocycles. The van der Waals surface area contributed by atoms with Crippen LogP contribution < -0.4 is 10.2 Å². The van der Waals surface area contributed by atoms with Gasteiger partial charge in [-0.3, -0.25) is 4.79 Å². The number of piperazine rings is 1. The molecule has 3 aromatic rings. The van der Waals surface area contributed by atoms with E-state index in [9.17, 15) is 4.79 Å². The molecular weight excluding hydrogens is 416 g/mol. The summed E-state index contributed by atoms with van der Waals surface area (Å²) in [5.74, 6) is -0.0891. The number of hydrogen-bond acceptors (Lipinski definition) is 5. The largest absolute Gasteiger partial charge is 0.367 e. The van der Waals surface area contributed by atoms with Gasteiger partial charge in [-0.25, -0.2) is 4.98 Å². The number of carbonyl (C=O) groups is 1. The zero-order valence-electron chi connectivity index (χ0n) is 17.2. The highest BCUT2D eigenvalue weighted by Gasteiger charge is 2.19. The van der Waals surface area contributed by atoms with Gasteiger partial charge in [0.05, 0.1) is 23.5 Å². The van der Waals surface area contributed by atoms with Crippen LogP contribution in [0.1, 0.15) is 11.3 Å². The molecule has 0 radical (unpaired) electrons. The van der Waals surface area contributed by atoms with Gasteiger partial charge in [0.1, 0.15) is 5.01 Å². The van der Waals surface area contributed by atoms with Crippen LogP contribution in [0.15, 0.2) is 47.8 Å². The van der Waals surface area contributed by atoms with E-state index in [0.29, 0.717) is 5.02 Å². The summed E-state index contributed by atoms with van der Waals surface area (Å²) in [4.78, 5) is 22.0. The molecule has 7 heteroatoms. The number of nitrogens with one attached hydrogen (secondary N) is 1. The summed E-state index contributed by atoms with van der Waals surface area (Å²) in [6.07, 6.45) is 0.233. The Morgan fingerprint density at radius 1 is 1.17 bits per heavy atom. The SMILES string of the molecule is Cc1cccc(-c2nc(CC(=O)Nc3cc(Cl)ccc3N3CCN(C)CC3)cs2)c1. The number of thiazole rings is 1. The molecule has 0 atom stereocenters. The van der Waals surface area contributed by atoms with Crippen LogP contribution >= 0.6 is 22.9 Å². The van der Waals surface area contributed by atoms with E-state index in [1.54, 1.807) is 11.3 Å². The van der Waals surface area contributed by atoms with Gasteiger partial charge in [0.25, 0.3) is 0 Å². The standard InChI is InChI=1S/C23H25ClN4OS/c1-16-4-3-5-17(12-16)23-25-19(15-30-23)14-22(29)26-20-13-18(24)6-7-21(20)28-10-8-27(2)9-11-28/h3-7,12-13,15H,8-11,14H2,1-2H3,(H,26,29). The number of anilines is 2. The van der Waals surface area contributed by atoms with Crippen molar-refractivity contribution in [2.45, 2.75) is 13.3 Å². The van der Waals surface area contributed by atoms with Crippen molar-refractivity contribution in [1.29, 1.82) is 0 Å². The van der Waals surface area contributed by atoms with Crippen molar-refractivity contribution in [3.63, 3.8) is 0 Å². The van der Waals surface area contributed by atoms with Gasteiger partial charge < -0.3 is 15.1 Å². The molecule has 1 aromatic heterocycles. The number of aromatic nitrogens is 1. The van der Waals surface area contributed by atoms with E-state index >= 15 is 0 Å². The third kappa shape index (κ3) is 5.01. The molecule has 2 heterocycles. The third-order valence-electron chi connectivity index (χ3n) is 5.24. The first kappa shape index (κ1) is 20.8. The van der Waals surface area contributed by atoms with Crippen LogP contribution in [0, 0.1) is 6.92 Å². The van der Waals surface area contributed by atoms with Gasteiger partial charge in [0, 0.05) is 42.1 Å². The van der Waals surface area contributed by atoms with Crippen LogP contribution in [0.5, 0.6) is 0 Å². The maximum Gasteiger partial charge on any atom is 0.230 e. The van der Waals surface area contributed by atoms with Gasteiger partial charge in [-0.05, 0) is 38.2 Å². The number of rotatable bonds is 5. The zero-order valence-corrected chi connectivity index (χ0v) is 18.8. The van der Waals surface area contributed by atoms with Crippen molar-refractivity contribution in [1.82, 2.24) is 9.88 Å². The number of amides is 1. The van der Waals surface area contributed by atoms with Crippen LogP contribution in [0.3, 0.4) is 0 Å². The van der Waals surface area contributed by atoms with E-state index < -0.39 is 0 Å². The average molecular weight is 441 g/mol. The van der Waals surface area contributed by atoms with E-state index in [-0.39, 0.29) is 12.3 Å². The minimum Gasteiger partial charge on any atom is -0.367 e. The summed E-state index contributed by atoms with van der Waals surface area (Å²) < 4.78 is 0. The highest BCUT2D eigenvalue weighted by Crippen LogP contribution is 2.30. The summed E-state index contributed by atoms with van der Waals surface area (Å²) in [6.45, 7) is 5.90. The van der Waals surface area contributed by atoms with Crippen LogP contribution in [-0.2, 0) is 11.2 Å². The fourth-order valence-corrected chi connectivity index (χ4v) is 4.58. The maximum atomic E-state index is 12.8. The molecule has 1 amide bonds. The Morgan fingerprint density at radius 3 is 2.73 bits per heavy atom.